The van der Waals surface area contributed by atoms with Gasteiger partial charge in [-0.05, 0) is 35.6 Å². The number of rotatable bonds is 9. The van der Waals surface area contributed by atoms with Crippen molar-refractivity contribution in [3.8, 4) is 23.0 Å². The van der Waals surface area contributed by atoms with E-state index >= 15 is 0 Å². The fourth-order valence-electron chi connectivity index (χ4n) is 4.02. The summed E-state index contributed by atoms with van der Waals surface area (Å²) in [6, 6.07) is 14.0. The molecule has 2 amide bonds. The first-order valence-electron chi connectivity index (χ1n) is 11.0. The van der Waals surface area contributed by atoms with Gasteiger partial charge < -0.3 is 20.5 Å². The maximum absolute atomic E-state index is 12.6. The van der Waals surface area contributed by atoms with Crippen molar-refractivity contribution in [1.29, 1.82) is 0 Å². The highest BCUT2D eigenvalue weighted by Gasteiger charge is 2.30. The molecule has 3 rings (SSSR count). The maximum atomic E-state index is 12.6. The third kappa shape index (κ3) is 5.72. The summed E-state index contributed by atoms with van der Waals surface area (Å²) in [5.74, 6) is 3.43. The fraction of sp³-hybridized carbons (Fsp3) is 0.346. The SMILES string of the molecule is CC#CCC(NC(=O)[C@@H](CCC)NC(=O)OCC1c2ccccc2-c2ccccc21)C(=O)O. The first kappa shape index (κ1) is 23.9. The molecule has 0 saturated heterocycles. The van der Waals surface area contributed by atoms with Gasteiger partial charge in [-0.2, -0.15) is 0 Å². The number of amides is 2. The summed E-state index contributed by atoms with van der Waals surface area (Å²) in [4.78, 5) is 36.6. The van der Waals surface area contributed by atoms with Crippen molar-refractivity contribution in [1.82, 2.24) is 10.6 Å². The van der Waals surface area contributed by atoms with Crippen LogP contribution < -0.4 is 10.6 Å². The van der Waals surface area contributed by atoms with Crippen LogP contribution in [0.4, 0.5) is 4.79 Å². The lowest BCUT2D eigenvalue weighted by Gasteiger charge is -2.21. The molecule has 0 heterocycles. The molecule has 0 bridgehead atoms. The molecule has 0 saturated carbocycles. The molecule has 2 aromatic carbocycles. The van der Waals surface area contributed by atoms with E-state index in [2.05, 4.69) is 34.6 Å². The quantitative estimate of drug-likeness (QED) is 0.508. The number of carboxylic acid groups (broad SMARTS) is 1. The summed E-state index contributed by atoms with van der Waals surface area (Å²) in [5, 5.41) is 14.4. The molecule has 0 aliphatic heterocycles. The number of aliphatic carboxylic acids is 1. The molecule has 3 N–H and O–H groups in total. The molecule has 7 heteroatoms. The second kappa shape index (κ2) is 11.2. The molecule has 1 aliphatic rings. The number of fused-ring (bicyclic) bond motifs is 3. The van der Waals surface area contributed by atoms with E-state index in [0.717, 1.165) is 22.3 Å². The zero-order valence-electron chi connectivity index (χ0n) is 18.8. The molecule has 0 fully saturated rings. The molecule has 172 valence electrons. The lowest BCUT2D eigenvalue weighted by atomic mass is 9.98. The Morgan fingerprint density at radius 1 is 1.00 bits per heavy atom. The van der Waals surface area contributed by atoms with Crippen molar-refractivity contribution in [3.05, 3.63) is 59.7 Å². The van der Waals surface area contributed by atoms with E-state index in [9.17, 15) is 19.5 Å². The zero-order valence-corrected chi connectivity index (χ0v) is 18.8. The van der Waals surface area contributed by atoms with Gasteiger partial charge in [-0.3, -0.25) is 4.79 Å². The van der Waals surface area contributed by atoms with Gasteiger partial charge >= 0.3 is 12.1 Å². The second-order valence-corrected chi connectivity index (χ2v) is 7.84. The number of carboxylic acids is 1. The minimum Gasteiger partial charge on any atom is -0.480 e. The highest BCUT2D eigenvalue weighted by Crippen LogP contribution is 2.44. The highest BCUT2D eigenvalue weighted by atomic mass is 16.5. The Labute approximate surface area is 193 Å². The van der Waals surface area contributed by atoms with Crippen LogP contribution in [0.2, 0.25) is 0 Å². The molecule has 1 aliphatic carbocycles. The fourth-order valence-corrected chi connectivity index (χ4v) is 4.02. The summed E-state index contributed by atoms with van der Waals surface area (Å²) in [7, 11) is 0. The van der Waals surface area contributed by atoms with E-state index in [1.807, 2.05) is 43.3 Å². The second-order valence-electron chi connectivity index (χ2n) is 7.84. The standard InChI is InChI=1S/C26H28N2O5/c1-3-5-15-23(25(30)31)27-24(29)22(10-4-2)28-26(32)33-16-21-19-13-8-6-11-17(19)18-12-7-9-14-20(18)21/h6-9,11-14,21-23H,4,10,15-16H2,1-2H3,(H,27,29)(H,28,32)(H,30,31)/t22-,23?/m1/s1. The van der Waals surface area contributed by atoms with Crippen LogP contribution in [0, 0.1) is 11.8 Å². The van der Waals surface area contributed by atoms with E-state index in [0.29, 0.717) is 12.8 Å². The molecule has 7 nitrogen and oxygen atoms in total. The molecule has 1 unspecified atom stereocenters. The number of hydrogen-bond acceptors (Lipinski definition) is 4. The summed E-state index contributed by atoms with van der Waals surface area (Å²) >= 11 is 0. The Bertz CT molecular complexity index is 1040. The molecular weight excluding hydrogens is 420 g/mol. The van der Waals surface area contributed by atoms with Gasteiger partial charge in [0.2, 0.25) is 5.91 Å². The average Bonchev–Trinajstić information content (AvgIpc) is 3.13. The molecule has 2 atom stereocenters. The normalized spacial score (nSPS) is 13.5. The summed E-state index contributed by atoms with van der Waals surface area (Å²) in [5.41, 5.74) is 4.44. The first-order chi connectivity index (χ1) is 16.0. The van der Waals surface area contributed by atoms with E-state index in [1.165, 1.54) is 0 Å². The van der Waals surface area contributed by atoms with Crippen molar-refractivity contribution in [3.63, 3.8) is 0 Å². The van der Waals surface area contributed by atoms with E-state index in [-0.39, 0.29) is 18.9 Å². The number of carbonyl (C=O) groups is 3. The van der Waals surface area contributed by atoms with Gasteiger partial charge in [-0.1, -0.05) is 61.9 Å². The Kier molecular flexibility index (Phi) is 8.09. The Morgan fingerprint density at radius 2 is 1.61 bits per heavy atom. The minimum atomic E-state index is -1.18. The number of alkyl carbamates (subject to hydrolysis) is 1. The van der Waals surface area contributed by atoms with Crippen molar-refractivity contribution in [2.45, 2.75) is 51.1 Å². The Morgan fingerprint density at radius 3 is 2.15 bits per heavy atom. The smallest absolute Gasteiger partial charge is 0.407 e. The summed E-state index contributed by atoms with van der Waals surface area (Å²) in [6.07, 6.45) is 0.239. The van der Waals surface area contributed by atoms with Crippen LogP contribution in [0.25, 0.3) is 11.1 Å². The predicted octanol–water partition coefficient (Wildman–Crippen LogP) is 3.68. The van der Waals surface area contributed by atoms with Gasteiger partial charge in [0, 0.05) is 12.3 Å². The summed E-state index contributed by atoms with van der Waals surface area (Å²) < 4.78 is 5.52. The van der Waals surface area contributed by atoms with Crippen molar-refractivity contribution >= 4 is 18.0 Å². The van der Waals surface area contributed by atoms with Crippen LogP contribution in [-0.2, 0) is 14.3 Å². The number of hydrogen-bond donors (Lipinski definition) is 3. The van der Waals surface area contributed by atoms with E-state index in [1.54, 1.807) is 6.92 Å². The number of benzene rings is 2. The molecule has 0 radical (unpaired) electrons. The van der Waals surface area contributed by atoms with Gasteiger partial charge in [-0.15, -0.1) is 11.8 Å². The van der Waals surface area contributed by atoms with Crippen molar-refractivity contribution < 1.29 is 24.2 Å². The minimum absolute atomic E-state index is 0.0125. The number of carbonyl (C=O) groups excluding carboxylic acids is 2. The largest absolute Gasteiger partial charge is 0.480 e. The first-order valence-corrected chi connectivity index (χ1v) is 11.0. The lowest BCUT2D eigenvalue weighted by Crippen LogP contribution is -2.51. The monoisotopic (exact) mass is 448 g/mol. The topological polar surface area (TPSA) is 105 Å². The maximum Gasteiger partial charge on any atom is 0.407 e. The van der Waals surface area contributed by atoms with E-state index < -0.39 is 30.1 Å². The van der Waals surface area contributed by atoms with Gasteiger partial charge in [-0.25, -0.2) is 9.59 Å². The molecule has 2 aromatic rings. The zero-order chi connectivity index (χ0) is 23.8. The van der Waals surface area contributed by atoms with Crippen LogP contribution in [-0.4, -0.2) is 41.8 Å². The van der Waals surface area contributed by atoms with Gasteiger partial charge in [0.05, 0.1) is 0 Å². The molecule has 33 heavy (non-hydrogen) atoms. The van der Waals surface area contributed by atoms with Crippen LogP contribution >= 0.6 is 0 Å². The average molecular weight is 449 g/mol. The van der Waals surface area contributed by atoms with Crippen molar-refractivity contribution in [2.24, 2.45) is 0 Å². The number of nitrogens with one attached hydrogen (secondary N) is 2. The van der Waals surface area contributed by atoms with E-state index in [4.69, 9.17) is 4.74 Å². The van der Waals surface area contributed by atoms with Gasteiger partial charge in [0.15, 0.2) is 0 Å². The van der Waals surface area contributed by atoms with Gasteiger partial charge in [0.25, 0.3) is 0 Å². The summed E-state index contributed by atoms with van der Waals surface area (Å²) in [6.45, 7) is 3.60. The molecular formula is C26H28N2O5. The van der Waals surface area contributed by atoms with Crippen LogP contribution in [0.15, 0.2) is 48.5 Å². The molecule has 0 spiro atoms. The number of ether oxygens (including phenoxy) is 1. The van der Waals surface area contributed by atoms with Gasteiger partial charge in [0.1, 0.15) is 18.7 Å². The van der Waals surface area contributed by atoms with Crippen LogP contribution in [0.5, 0.6) is 0 Å². The van der Waals surface area contributed by atoms with Crippen molar-refractivity contribution in [2.75, 3.05) is 6.61 Å². The third-order valence-corrected chi connectivity index (χ3v) is 5.63. The van der Waals surface area contributed by atoms with Crippen LogP contribution in [0.1, 0.15) is 50.2 Å². The lowest BCUT2D eigenvalue weighted by molar-refractivity contribution is -0.141. The predicted molar refractivity (Wildman–Crippen MR) is 125 cm³/mol. The third-order valence-electron chi connectivity index (χ3n) is 5.63. The Balaban J connectivity index is 1.64. The molecule has 0 aromatic heterocycles. The Hall–Kier alpha value is -3.79. The van der Waals surface area contributed by atoms with Crippen LogP contribution in [0.3, 0.4) is 0 Å². The highest BCUT2D eigenvalue weighted by molar-refractivity contribution is 5.89.